The average molecular weight is 418 g/mol. The van der Waals surface area contributed by atoms with Crippen molar-refractivity contribution in [3.63, 3.8) is 0 Å². The molecule has 0 bridgehead atoms. The Morgan fingerprint density at radius 2 is 2.26 bits per heavy atom. The van der Waals surface area contributed by atoms with Gasteiger partial charge >= 0.3 is 0 Å². The Hall–Kier alpha value is -1.81. The molecule has 1 aromatic rings. The summed E-state index contributed by atoms with van der Waals surface area (Å²) in [6.45, 7) is 6.90. The molecule has 2 unspecified atom stereocenters. The topological polar surface area (TPSA) is 79.7 Å². The molecule has 10 heteroatoms. The van der Waals surface area contributed by atoms with Gasteiger partial charge in [-0.3, -0.25) is 9.59 Å². The minimum Gasteiger partial charge on any atom is -0.484 e. The Morgan fingerprint density at radius 3 is 2.96 bits per heavy atom. The van der Waals surface area contributed by atoms with E-state index < -0.39 is 11.7 Å². The van der Waals surface area contributed by atoms with Crippen LogP contribution >= 0.6 is 23.8 Å². The fourth-order valence-corrected chi connectivity index (χ4v) is 2.77. The minimum atomic E-state index is -0.622. The Labute approximate surface area is 166 Å². The van der Waals surface area contributed by atoms with E-state index in [-0.39, 0.29) is 29.3 Å². The van der Waals surface area contributed by atoms with E-state index in [4.69, 9.17) is 20.5 Å². The number of carbonyl (C=O) groups is 2. The molecule has 0 saturated carbocycles. The Bertz CT molecular complexity index is 707. The van der Waals surface area contributed by atoms with Crippen LogP contribution in [0.15, 0.2) is 30.5 Å². The van der Waals surface area contributed by atoms with Crippen molar-refractivity contribution >= 4 is 35.6 Å². The quantitative estimate of drug-likeness (QED) is 0.326. The highest BCUT2D eigenvalue weighted by Gasteiger charge is 2.41. The van der Waals surface area contributed by atoms with E-state index in [0.29, 0.717) is 31.8 Å². The molecule has 148 valence electrons. The molecule has 1 aliphatic heterocycles. The molecule has 0 aromatic heterocycles. The van der Waals surface area contributed by atoms with Crippen molar-refractivity contribution in [1.82, 2.24) is 14.9 Å². The molecule has 0 spiro atoms. The lowest BCUT2D eigenvalue weighted by molar-refractivity contribution is -0.122. The number of amides is 2. The normalized spacial score (nSPS) is 17.9. The summed E-state index contributed by atoms with van der Waals surface area (Å²) in [6, 6.07) is 3.73. The fourth-order valence-electron chi connectivity index (χ4n) is 2.01. The van der Waals surface area contributed by atoms with Gasteiger partial charge in [-0.2, -0.15) is 0 Å². The molecule has 1 aromatic carbocycles. The lowest BCUT2D eigenvalue weighted by atomic mass is 10.3. The van der Waals surface area contributed by atoms with Crippen LogP contribution in [0.1, 0.15) is 13.3 Å². The molecule has 1 fully saturated rings. The van der Waals surface area contributed by atoms with Gasteiger partial charge in [-0.05, 0) is 19.1 Å². The molecule has 2 atom stereocenters. The number of nitrogens with zero attached hydrogens (tertiary/aromatic N) is 1. The summed E-state index contributed by atoms with van der Waals surface area (Å²) >= 11 is 6.76. The summed E-state index contributed by atoms with van der Waals surface area (Å²) in [7, 11) is 0. The maximum atomic E-state index is 13.3. The van der Waals surface area contributed by atoms with E-state index in [2.05, 4.69) is 17.2 Å². The second-order valence-electron chi connectivity index (χ2n) is 5.65. The largest absolute Gasteiger partial charge is 0.484 e. The van der Waals surface area contributed by atoms with Gasteiger partial charge in [-0.1, -0.05) is 18.2 Å². The van der Waals surface area contributed by atoms with Crippen LogP contribution in [0.25, 0.3) is 0 Å². The number of hydrogen-bond acceptors (Lipinski definition) is 6. The van der Waals surface area contributed by atoms with Gasteiger partial charge in [0.2, 0.25) is 5.91 Å². The molecule has 0 aliphatic carbocycles. The van der Waals surface area contributed by atoms with Crippen molar-refractivity contribution in [2.24, 2.45) is 0 Å². The number of rotatable bonds is 11. The number of hydrogen-bond donors (Lipinski definition) is 2. The van der Waals surface area contributed by atoms with Crippen LogP contribution in [-0.2, 0) is 13.8 Å². The molecule has 2 amide bonds. The molecule has 1 heterocycles. The van der Waals surface area contributed by atoms with Crippen LogP contribution < -0.4 is 15.4 Å². The number of halogens is 2. The highest BCUT2D eigenvalue weighted by Crippen LogP contribution is 2.28. The number of ether oxygens (including phenoxy) is 1. The first-order valence-electron chi connectivity index (χ1n) is 8.30. The first-order chi connectivity index (χ1) is 12.9. The van der Waals surface area contributed by atoms with Crippen molar-refractivity contribution < 1.29 is 22.9 Å². The second kappa shape index (κ2) is 10.5. The predicted octanol–water partition coefficient (Wildman–Crippen LogP) is 2.28. The molecular formula is C17H21ClFN3O4S. The van der Waals surface area contributed by atoms with Gasteiger partial charge in [0.25, 0.3) is 5.91 Å². The first-order valence-corrected chi connectivity index (χ1v) is 9.37. The third kappa shape index (κ3) is 7.37. The summed E-state index contributed by atoms with van der Waals surface area (Å²) in [6.07, 6.45) is 0.387. The zero-order valence-electron chi connectivity index (χ0n) is 14.8. The number of nitrogens with one attached hydrogen (secondary N) is 2. The molecule has 0 radical (unpaired) electrons. The van der Waals surface area contributed by atoms with Crippen molar-refractivity contribution in [1.29, 1.82) is 0 Å². The second-order valence-corrected chi connectivity index (χ2v) is 6.91. The van der Waals surface area contributed by atoms with Crippen LogP contribution in [0.4, 0.5) is 4.39 Å². The summed E-state index contributed by atoms with van der Waals surface area (Å²) in [5.41, 5.74) is 0.447. The van der Waals surface area contributed by atoms with Crippen molar-refractivity contribution in [2.75, 3.05) is 26.3 Å². The Balaban J connectivity index is 1.59. The van der Waals surface area contributed by atoms with E-state index in [1.165, 1.54) is 24.4 Å². The summed E-state index contributed by atoms with van der Waals surface area (Å²) < 4.78 is 25.5. The number of benzene rings is 1. The van der Waals surface area contributed by atoms with Gasteiger partial charge in [0.05, 0.1) is 23.9 Å². The lowest BCUT2D eigenvalue weighted by Gasteiger charge is -2.10. The standard InChI is InChI=1S/C17H21ClFN3O4S/c1-3-26-27-22-9-15(22)17(24)20-7-6-11(2)21-16(23)10-25-12-4-5-13(18)14(19)8-12/h4-5,8,15H,2-3,6-7,9-10H2,1H3,(H,20,24)(H,21,23). The molecule has 2 rings (SSSR count). The van der Waals surface area contributed by atoms with Gasteiger partial charge in [-0.15, -0.1) is 0 Å². The third-order valence-electron chi connectivity index (χ3n) is 3.44. The molecule has 7 nitrogen and oxygen atoms in total. The van der Waals surface area contributed by atoms with Crippen molar-refractivity contribution in [3.05, 3.63) is 41.3 Å². The molecular weight excluding hydrogens is 397 g/mol. The molecule has 1 aliphatic rings. The highest BCUT2D eigenvalue weighted by atomic mass is 35.5. The fraction of sp³-hybridized carbons (Fsp3) is 0.412. The van der Waals surface area contributed by atoms with E-state index in [1.807, 2.05) is 11.2 Å². The number of carbonyl (C=O) groups excluding carboxylic acids is 2. The first kappa shape index (κ1) is 21.5. The van der Waals surface area contributed by atoms with Crippen LogP contribution in [0.5, 0.6) is 5.75 Å². The maximum absolute atomic E-state index is 13.3. The van der Waals surface area contributed by atoms with E-state index in [0.717, 1.165) is 6.07 Å². The molecule has 27 heavy (non-hydrogen) atoms. The van der Waals surface area contributed by atoms with Gasteiger partial charge in [-0.25, -0.2) is 8.70 Å². The van der Waals surface area contributed by atoms with Crippen LogP contribution in [0.2, 0.25) is 5.02 Å². The minimum absolute atomic E-state index is 0.0203. The summed E-state index contributed by atoms with van der Waals surface area (Å²) in [5.74, 6) is -0.940. The highest BCUT2D eigenvalue weighted by molar-refractivity contribution is 7.92. The van der Waals surface area contributed by atoms with E-state index >= 15 is 0 Å². The van der Waals surface area contributed by atoms with Crippen LogP contribution in [-0.4, -0.2) is 48.5 Å². The Kier molecular flexibility index (Phi) is 8.36. The lowest BCUT2D eigenvalue weighted by Crippen LogP contribution is -2.33. The van der Waals surface area contributed by atoms with Crippen LogP contribution in [0.3, 0.4) is 0 Å². The molecule has 2 N–H and O–H groups in total. The average Bonchev–Trinajstić information content (AvgIpc) is 3.40. The third-order valence-corrected chi connectivity index (χ3v) is 4.68. The maximum Gasteiger partial charge on any atom is 0.262 e. The van der Waals surface area contributed by atoms with Gasteiger partial charge in [0, 0.05) is 31.3 Å². The molecule has 1 saturated heterocycles. The summed E-state index contributed by atoms with van der Waals surface area (Å²) in [4.78, 5) is 23.7. The van der Waals surface area contributed by atoms with Crippen molar-refractivity contribution in [3.8, 4) is 5.75 Å². The zero-order chi connectivity index (χ0) is 19.8. The zero-order valence-corrected chi connectivity index (χ0v) is 16.4. The van der Waals surface area contributed by atoms with Gasteiger partial charge in [0.15, 0.2) is 6.61 Å². The van der Waals surface area contributed by atoms with Gasteiger partial charge in [0.1, 0.15) is 17.6 Å². The Morgan fingerprint density at radius 1 is 1.48 bits per heavy atom. The predicted molar refractivity (Wildman–Crippen MR) is 102 cm³/mol. The van der Waals surface area contributed by atoms with Crippen LogP contribution in [0, 0.1) is 5.82 Å². The van der Waals surface area contributed by atoms with Crippen molar-refractivity contribution in [2.45, 2.75) is 19.4 Å². The monoisotopic (exact) mass is 417 g/mol. The van der Waals surface area contributed by atoms with Gasteiger partial charge < -0.3 is 19.6 Å². The van der Waals surface area contributed by atoms with E-state index in [9.17, 15) is 14.0 Å². The summed E-state index contributed by atoms with van der Waals surface area (Å²) in [5, 5.41) is 5.32. The van der Waals surface area contributed by atoms with E-state index in [1.54, 1.807) is 0 Å². The smallest absolute Gasteiger partial charge is 0.262 e. The SMILES string of the molecule is C=C(CCNC(=O)C1CN1SOCC)NC(=O)COc1ccc(Cl)c(F)c1.